The van der Waals surface area contributed by atoms with Crippen LogP contribution in [-0.2, 0) is 4.79 Å². The molecule has 0 aliphatic heterocycles. The summed E-state index contributed by atoms with van der Waals surface area (Å²) in [6.45, 7) is 0. The minimum Gasteiger partial charge on any atom is -0.444 e. The van der Waals surface area contributed by atoms with Crippen molar-refractivity contribution in [2.24, 2.45) is 5.92 Å². The van der Waals surface area contributed by atoms with E-state index in [2.05, 4.69) is 4.98 Å². The second-order valence-electron chi connectivity index (χ2n) is 5.95. The molecular weight excluding hydrogens is 304 g/mol. The number of nitrogens with zero attached hydrogens (tertiary/aromatic N) is 1. The number of hydrogen-bond acceptors (Lipinski definition) is 4. The Kier molecular flexibility index (Phi) is 3.63. The molecule has 4 rings (SSSR count). The Hall–Kier alpha value is -2.92. The maximum atomic E-state index is 12.0. The van der Waals surface area contributed by atoms with Crippen molar-refractivity contribution in [3.05, 3.63) is 78.3 Å². The van der Waals surface area contributed by atoms with E-state index in [9.17, 15) is 4.79 Å². The second kappa shape index (κ2) is 5.94. The van der Waals surface area contributed by atoms with Crippen molar-refractivity contribution in [2.75, 3.05) is 0 Å². The van der Waals surface area contributed by atoms with Gasteiger partial charge in [-0.25, -0.2) is 10.5 Å². The number of nitrogens with one attached hydrogen (secondary N) is 1. The van der Waals surface area contributed by atoms with Crippen LogP contribution in [0, 0.1) is 5.92 Å². The van der Waals surface area contributed by atoms with Gasteiger partial charge in [-0.3, -0.25) is 10.0 Å². The molecule has 3 atom stereocenters. The van der Waals surface area contributed by atoms with Crippen LogP contribution in [-0.4, -0.2) is 16.1 Å². The van der Waals surface area contributed by atoms with Crippen LogP contribution in [0.15, 0.2) is 71.6 Å². The predicted octanol–water partition coefficient (Wildman–Crippen LogP) is 3.34. The molecule has 5 heteroatoms. The van der Waals surface area contributed by atoms with E-state index in [-0.39, 0.29) is 23.7 Å². The van der Waals surface area contributed by atoms with E-state index in [1.54, 1.807) is 11.7 Å². The first-order valence-corrected chi connectivity index (χ1v) is 7.77. The van der Waals surface area contributed by atoms with Crippen LogP contribution in [0.25, 0.3) is 11.3 Å². The third-order valence-corrected chi connectivity index (χ3v) is 4.63. The summed E-state index contributed by atoms with van der Waals surface area (Å²) in [5, 5.41) is 9.02. The van der Waals surface area contributed by atoms with Crippen molar-refractivity contribution in [3.8, 4) is 11.3 Å². The molecule has 1 heterocycles. The largest absolute Gasteiger partial charge is 0.444 e. The highest BCUT2D eigenvalue weighted by Gasteiger charge is 2.56. The summed E-state index contributed by atoms with van der Waals surface area (Å²) in [5.41, 5.74) is 4.92. The van der Waals surface area contributed by atoms with Crippen LogP contribution in [0.1, 0.15) is 23.0 Å². The molecular formula is C19H16N2O3. The van der Waals surface area contributed by atoms with Crippen LogP contribution in [0.4, 0.5) is 0 Å². The highest BCUT2D eigenvalue weighted by Crippen LogP contribution is 2.60. The molecule has 0 bridgehead atoms. The summed E-state index contributed by atoms with van der Waals surface area (Å²) >= 11 is 0. The van der Waals surface area contributed by atoms with Gasteiger partial charge < -0.3 is 4.42 Å². The Balaban J connectivity index is 1.63. The molecule has 1 unspecified atom stereocenters. The van der Waals surface area contributed by atoms with E-state index < -0.39 is 0 Å². The van der Waals surface area contributed by atoms with E-state index in [4.69, 9.17) is 9.62 Å². The van der Waals surface area contributed by atoms with Gasteiger partial charge in [-0.15, -0.1) is 0 Å². The van der Waals surface area contributed by atoms with Gasteiger partial charge in [0.1, 0.15) is 0 Å². The molecule has 1 fully saturated rings. The van der Waals surface area contributed by atoms with Gasteiger partial charge in [-0.05, 0) is 11.1 Å². The first kappa shape index (κ1) is 14.7. The zero-order chi connectivity index (χ0) is 16.5. The van der Waals surface area contributed by atoms with Crippen LogP contribution in [0.3, 0.4) is 0 Å². The molecule has 1 aliphatic carbocycles. The number of hydrogen-bond donors (Lipinski definition) is 2. The number of benzene rings is 2. The molecule has 5 nitrogen and oxygen atoms in total. The zero-order valence-electron chi connectivity index (χ0n) is 12.8. The van der Waals surface area contributed by atoms with Gasteiger partial charge in [0.25, 0.3) is 0 Å². The number of amides is 1. The fraction of sp³-hybridized carbons (Fsp3) is 0.158. The van der Waals surface area contributed by atoms with E-state index in [0.29, 0.717) is 5.76 Å². The fourth-order valence-electron chi connectivity index (χ4n) is 3.44. The Morgan fingerprint density at radius 1 is 1.00 bits per heavy atom. The first-order chi connectivity index (χ1) is 11.8. The number of rotatable bonds is 4. The maximum absolute atomic E-state index is 12.0. The molecule has 1 amide bonds. The van der Waals surface area contributed by atoms with Crippen molar-refractivity contribution >= 4 is 5.91 Å². The third kappa shape index (κ3) is 2.49. The molecule has 3 aromatic rings. The third-order valence-electron chi connectivity index (χ3n) is 4.63. The molecule has 2 aromatic carbocycles. The summed E-state index contributed by atoms with van der Waals surface area (Å²) in [7, 11) is 0. The van der Waals surface area contributed by atoms with Gasteiger partial charge in [0.05, 0.1) is 12.1 Å². The average Bonchev–Trinajstić information content (AvgIpc) is 3.15. The number of carbonyl (C=O) groups is 1. The van der Waals surface area contributed by atoms with Crippen molar-refractivity contribution in [3.63, 3.8) is 0 Å². The van der Waals surface area contributed by atoms with Crippen LogP contribution in [0.2, 0.25) is 0 Å². The molecule has 1 saturated carbocycles. The van der Waals surface area contributed by atoms with Gasteiger partial charge in [0, 0.05) is 17.4 Å². The normalized spacial score (nSPS) is 22.1. The van der Waals surface area contributed by atoms with Gasteiger partial charge in [-0.2, -0.15) is 0 Å². The van der Waals surface area contributed by atoms with Crippen molar-refractivity contribution < 1.29 is 14.4 Å². The van der Waals surface area contributed by atoms with Gasteiger partial charge in [0.2, 0.25) is 5.91 Å². The molecule has 0 saturated heterocycles. The van der Waals surface area contributed by atoms with E-state index in [1.165, 1.54) is 6.39 Å². The Morgan fingerprint density at radius 3 is 2.25 bits per heavy atom. The van der Waals surface area contributed by atoms with E-state index in [0.717, 1.165) is 16.7 Å². The molecule has 24 heavy (non-hydrogen) atoms. The van der Waals surface area contributed by atoms with Crippen LogP contribution < -0.4 is 5.48 Å². The summed E-state index contributed by atoms with van der Waals surface area (Å²) in [5.74, 6) is 0.251. The summed E-state index contributed by atoms with van der Waals surface area (Å²) in [6, 6.07) is 17.8. The number of aromatic nitrogens is 1. The van der Waals surface area contributed by atoms with Crippen molar-refractivity contribution in [2.45, 2.75) is 11.8 Å². The Bertz CT molecular complexity index is 829. The molecule has 2 N–H and O–H groups in total. The van der Waals surface area contributed by atoms with Crippen molar-refractivity contribution in [1.82, 2.24) is 10.5 Å². The maximum Gasteiger partial charge on any atom is 0.247 e. The predicted molar refractivity (Wildman–Crippen MR) is 87.3 cm³/mol. The van der Waals surface area contributed by atoms with Crippen molar-refractivity contribution in [1.29, 1.82) is 0 Å². The van der Waals surface area contributed by atoms with Gasteiger partial charge in [-0.1, -0.05) is 54.6 Å². The SMILES string of the molecule is O=C(NO)[C@@H]1C(c2ccccc2)[C@H]1c1ccc(-c2cnco2)cc1. The highest BCUT2D eigenvalue weighted by atomic mass is 16.5. The fourth-order valence-corrected chi connectivity index (χ4v) is 3.44. The first-order valence-electron chi connectivity index (χ1n) is 7.77. The van der Waals surface area contributed by atoms with Crippen LogP contribution >= 0.6 is 0 Å². The van der Waals surface area contributed by atoms with Gasteiger partial charge in [0.15, 0.2) is 12.2 Å². The lowest BCUT2D eigenvalue weighted by molar-refractivity contribution is -0.130. The Labute approximate surface area is 138 Å². The molecule has 1 aliphatic rings. The molecule has 0 spiro atoms. The summed E-state index contributed by atoms with van der Waals surface area (Å²) in [4.78, 5) is 15.9. The zero-order valence-corrected chi connectivity index (χ0v) is 12.8. The molecule has 120 valence electrons. The number of carbonyl (C=O) groups excluding carboxylic acids is 1. The lowest BCUT2D eigenvalue weighted by Crippen LogP contribution is -2.21. The minimum absolute atomic E-state index is 0.0586. The van der Waals surface area contributed by atoms with E-state index >= 15 is 0 Å². The second-order valence-corrected chi connectivity index (χ2v) is 5.95. The minimum atomic E-state index is -0.340. The standard InChI is InChI=1S/C19H16N2O3/c22-19(21-23)18-16(13-4-2-1-3-5-13)17(18)14-8-6-12(7-9-14)15-10-20-11-24-15/h1-11,16-18,23H,(H,21,22)/t16?,17-,18-/m1/s1. The smallest absolute Gasteiger partial charge is 0.247 e. The lowest BCUT2D eigenvalue weighted by atomic mass is 10.0. The number of oxazole rings is 1. The summed E-state index contributed by atoms with van der Waals surface area (Å²) < 4.78 is 5.29. The topological polar surface area (TPSA) is 75.4 Å². The van der Waals surface area contributed by atoms with E-state index in [1.807, 2.05) is 54.6 Å². The average molecular weight is 320 g/mol. The monoisotopic (exact) mass is 320 g/mol. The lowest BCUT2D eigenvalue weighted by Gasteiger charge is -2.02. The Morgan fingerprint density at radius 2 is 1.67 bits per heavy atom. The van der Waals surface area contributed by atoms with Crippen LogP contribution in [0.5, 0.6) is 0 Å². The van der Waals surface area contributed by atoms with Gasteiger partial charge >= 0.3 is 0 Å². The quantitative estimate of drug-likeness (QED) is 0.571. The molecule has 1 aromatic heterocycles. The molecule has 0 radical (unpaired) electrons. The highest BCUT2D eigenvalue weighted by molar-refractivity contribution is 5.84. The summed E-state index contributed by atoms with van der Waals surface area (Å²) in [6.07, 6.45) is 3.07. The number of hydroxylamine groups is 1.